The highest BCUT2D eigenvalue weighted by molar-refractivity contribution is 7.87. The van der Waals surface area contributed by atoms with Crippen molar-refractivity contribution in [3.8, 4) is 22.7 Å². The van der Waals surface area contributed by atoms with Crippen molar-refractivity contribution in [1.29, 1.82) is 0 Å². The van der Waals surface area contributed by atoms with E-state index in [0.717, 1.165) is 32.4 Å². The zero-order valence-corrected chi connectivity index (χ0v) is 24.6. The topological polar surface area (TPSA) is 93.5 Å². The number of carbonyl (C=O) groups is 1. The molecule has 0 spiro atoms. The predicted molar refractivity (Wildman–Crippen MR) is 151 cm³/mol. The molecular weight excluding hydrogens is 594 g/mol. The van der Waals surface area contributed by atoms with Crippen LogP contribution in [0.1, 0.15) is 48.7 Å². The molecule has 1 fully saturated rings. The Morgan fingerprint density at radius 3 is 2.29 bits per heavy atom. The maximum Gasteiger partial charge on any atom is 0.309 e. The monoisotopic (exact) mass is 618 g/mol. The van der Waals surface area contributed by atoms with Gasteiger partial charge in [0.25, 0.3) is 5.91 Å². The molecule has 1 amide bonds. The first-order valence-electron chi connectivity index (χ1n) is 12.0. The van der Waals surface area contributed by atoms with Crippen LogP contribution in [0.2, 0.25) is 20.1 Å². The van der Waals surface area contributed by atoms with E-state index in [1.165, 1.54) is 16.8 Å². The zero-order valence-electron chi connectivity index (χ0n) is 20.7. The van der Waals surface area contributed by atoms with Crippen molar-refractivity contribution >= 4 is 62.4 Å². The lowest BCUT2D eigenvalue weighted by molar-refractivity contribution is 0.0743. The Morgan fingerprint density at radius 1 is 1.03 bits per heavy atom. The molecule has 1 N–H and O–H groups in total. The van der Waals surface area contributed by atoms with Crippen LogP contribution in [0.5, 0.6) is 5.75 Å². The second-order valence-corrected chi connectivity index (χ2v) is 12.3. The number of hydrazine groups is 1. The Labute approximate surface area is 241 Å². The Bertz CT molecular complexity index is 1450. The second-order valence-electron chi connectivity index (χ2n) is 8.93. The number of nitrogens with zero attached hydrogens (tertiary/aromatic N) is 3. The Kier molecular flexibility index (Phi) is 9.17. The number of amides is 1. The molecule has 1 aliphatic heterocycles. The van der Waals surface area contributed by atoms with E-state index in [2.05, 4.69) is 10.5 Å². The van der Waals surface area contributed by atoms with Crippen molar-refractivity contribution in [2.45, 2.75) is 39.5 Å². The summed E-state index contributed by atoms with van der Waals surface area (Å²) in [6.07, 6.45) is 3.50. The Morgan fingerprint density at radius 2 is 1.68 bits per heavy atom. The lowest BCUT2D eigenvalue weighted by Crippen LogP contribution is -2.45. The molecule has 4 rings (SSSR count). The number of nitrogens with one attached hydrogen (secondary N) is 1. The van der Waals surface area contributed by atoms with Gasteiger partial charge in [-0.15, -0.1) is 0 Å². The highest BCUT2D eigenvalue weighted by Gasteiger charge is 2.27. The first kappa shape index (κ1) is 29.0. The van der Waals surface area contributed by atoms with E-state index in [4.69, 9.17) is 50.6 Å². The molecule has 2 aromatic carbocycles. The molecule has 13 heteroatoms. The normalized spacial score (nSPS) is 14.5. The van der Waals surface area contributed by atoms with E-state index in [-0.39, 0.29) is 33.1 Å². The van der Waals surface area contributed by atoms with Crippen LogP contribution in [0.3, 0.4) is 0 Å². The number of aromatic nitrogens is 2. The summed E-state index contributed by atoms with van der Waals surface area (Å²) in [5.74, 6) is -0.711. The van der Waals surface area contributed by atoms with Crippen LogP contribution in [0.4, 0.5) is 0 Å². The van der Waals surface area contributed by atoms with Crippen molar-refractivity contribution in [2.24, 2.45) is 0 Å². The smallest absolute Gasteiger partial charge is 0.309 e. The minimum atomic E-state index is -3.87. The molecule has 38 heavy (non-hydrogen) atoms. The SMILES string of the molecule is CCCS(=O)(=O)Oc1c(Cl)cc(-c2c(C)c(C(=O)NN3CCCCC3)nn2-c2ccc(Cl)cc2Cl)cc1Cl. The fourth-order valence-electron chi connectivity index (χ4n) is 4.27. The van der Waals surface area contributed by atoms with Crippen LogP contribution in [0.15, 0.2) is 30.3 Å². The molecule has 0 aliphatic carbocycles. The third kappa shape index (κ3) is 6.41. The van der Waals surface area contributed by atoms with Crippen molar-refractivity contribution in [2.75, 3.05) is 18.8 Å². The lowest BCUT2D eigenvalue weighted by atomic mass is 10.1. The first-order chi connectivity index (χ1) is 18.0. The number of hydrogen-bond donors (Lipinski definition) is 1. The van der Waals surface area contributed by atoms with Gasteiger partial charge >= 0.3 is 10.1 Å². The van der Waals surface area contributed by atoms with Crippen molar-refractivity contribution in [1.82, 2.24) is 20.2 Å². The van der Waals surface area contributed by atoms with Crippen molar-refractivity contribution in [3.63, 3.8) is 0 Å². The summed E-state index contributed by atoms with van der Waals surface area (Å²) < 4.78 is 31.2. The minimum absolute atomic E-state index is 0.0131. The molecular formula is C25H26Cl4N4O4S. The number of hydrogen-bond acceptors (Lipinski definition) is 6. The average molecular weight is 620 g/mol. The van der Waals surface area contributed by atoms with Crippen LogP contribution in [-0.2, 0) is 10.1 Å². The van der Waals surface area contributed by atoms with Crippen LogP contribution < -0.4 is 9.61 Å². The molecule has 3 aromatic rings. The molecule has 0 bridgehead atoms. The van der Waals surface area contributed by atoms with E-state index in [0.29, 0.717) is 39.0 Å². The van der Waals surface area contributed by atoms with Crippen LogP contribution in [-0.4, -0.2) is 48.0 Å². The van der Waals surface area contributed by atoms with E-state index in [9.17, 15) is 13.2 Å². The van der Waals surface area contributed by atoms with Gasteiger partial charge in [0.05, 0.1) is 32.2 Å². The molecule has 1 aliphatic rings. The third-order valence-electron chi connectivity index (χ3n) is 6.03. The van der Waals surface area contributed by atoms with Gasteiger partial charge in [0, 0.05) is 29.2 Å². The third-order valence-corrected chi connectivity index (χ3v) is 8.46. The van der Waals surface area contributed by atoms with Gasteiger partial charge in [0.1, 0.15) is 0 Å². The van der Waals surface area contributed by atoms with E-state index in [1.807, 2.05) is 5.01 Å². The van der Waals surface area contributed by atoms with Gasteiger partial charge in [-0.25, -0.2) is 9.69 Å². The molecule has 0 unspecified atom stereocenters. The predicted octanol–water partition coefficient (Wildman–Crippen LogP) is 6.71. The Hall–Kier alpha value is -2.01. The van der Waals surface area contributed by atoms with Gasteiger partial charge in [0.2, 0.25) is 0 Å². The maximum atomic E-state index is 13.3. The standard InChI is InChI=1S/C25H26Cl4N4O4S/c1-3-11-38(35,36)37-24-19(28)12-16(13-20(24)29)23-15(2)22(25(34)31-32-9-5-4-6-10-32)30-33(23)21-8-7-17(26)14-18(21)27/h7-8,12-14H,3-6,9-11H2,1-2H3,(H,31,34). The quantitative estimate of drug-likeness (QED) is 0.282. The number of carbonyl (C=O) groups excluding carboxylic acids is 1. The van der Waals surface area contributed by atoms with Gasteiger partial charge in [-0.05, 0) is 56.5 Å². The molecule has 0 radical (unpaired) electrons. The molecule has 204 valence electrons. The minimum Gasteiger partial charge on any atom is -0.379 e. The summed E-state index contributed by atoms with van der Waals surface area (Å²) in [5.41, 5.74) is 5.12. The fraction of sp³-hybridized carbons (Fsp3) is 0.360. The van der Waals surface area contributed by atoms with E-state index in [1.54, 1.807) is 32.0 Å². The van der Waals surface area contributed by atoms with E-state index < -0.39 is 10.1 Å². The van der Waals surface area contributed by atoms with Gasteiger partial charge in [0.15, 0.2) is 11.4 Å². The Balaban J connectivity index is 1.83. The summed E-state index contributed by atoms with van der Waals surface area (Å²) in [7, 11) is -3.87. The highest BCUT2D eigenvalue weighted by atomic mass is 35.5. The zero-order chi connectivity index (χ0) is 27.6. The molecule has 8 nitrogen and oxygen atoms in total. The summed E-state index contributed by atoms with van der Waals surface area (Å²) in [4.78, 5) is 13.3. The summed E-state index contributed by atoms with van der Waals surface area (Å²) in [5, 5.41) is 7.22. The summed E-state index contributed by atoms with van der Waals surface area (Å²) in [6.45, 7) is 4.99. The van der Waals surface area contributed by atoms with Crippen LogP contribution in [0, 0.1) is 6.92 Å². The van der Waals surface area contributed by atoms with Gasteiger partial charge in [-0.3, -0.25) is 10.2 Å². The maximum absolute atomic E-state index is 13.3. The summed E-state index contributed by atoms with van der Waals surface area (Å²) >= 11 is 25.5. The van der Waals surface area contributed by atoms with Gasteiger partial charge < -0.3 is 4.18 Å². The molecule has 0 saturated carbocycles. The van der Waals surface area contributed by atoms with Crippen LogP contribution >= 0.6 is 46.4 Å². The number of benzene rings is 2. The molecule has 1 aromatic heterocycles. The summed E-state index contributed by atoms with van der Waals surface area (Å²) in [6, 6.07) is 7.95. The second kappa shape index (κ2) is 12.0. The number of halogens is 4. The van der Waals surface area contributed by atoms with E-state index >= 15 is 0 Å². The fourth-order valence-corrected chi connectivity index (χ4v) is 6.44. The number of rotatable bonds is 8. The molecule has 0 atom stereocenters. The number of piperidine rings is 1. The first-order valence-corrected chi connectivity index (χ1v) is 15.1. The highest BCUT2D eigenvalue weighted by Crippen LogP contribution is 2.41. The molecule has 1 saturated heterocycles. The van der Waals surface area contributed by atoms with Gasteiger partial charge in [-0.2, -0.15) is 13.5 Å². The van der Waals surface area contributed by atoms with Gasteiger partial charge in [-0.1, -0.05) is 59.7 Å². The van der Waals surface area contributed by atoms with Crippen LogP contribution in [0.25, 0.3) is 16.9 Å². The van der Waals surface area contributed by atoms with Crippen molar-refractivity contribution in [3.05, 3.63) is 61.7 Å². The van der Waals surface area contributed by atoms with Crippen molar-refractivity contribution < 1.29 is 17.4 Å². The largest absolute Gasteiger partial charge is 0.379 e. The average Bonchev–Trinajstić information content (AvgIpc) is 3.18. The lowest BCUT2D eigenvalue weighted by Gasteiger charge is -2.26. The molecule has 2 heterocycles.